The van der Waals surface area contributed by atoms with Crippen molar-refractivity contribution >= 4 is 46.0 Å². The molecule has 0 bridgehead atoms. The molecule has 0 aliphatic rings. The Morgan fingerprint density at radius 1 is 0.538 bits per heavy atom. The normalized spacial score (nSPS) is 12.5. The van der Waals surface area contributed by atoms with Crippen LogP contribution in [0.15, 0.2) is 60.7 Å². The van der Waals surface area contributed by atoms with Crippen LogP contribution in [0.3, 0.4) is 0 Å². The molecule has 0 aromatic heterocycles. The highest BCUT2D eigenvalue weighted by atomic mass is 32.1. The summed E-state index contributed by atoms with van der Waals surface area (Å²) in [5.74, 6) is 0. The van der Waals surface area contributed by atoms with Gasteiger partial charge in [0.1, 0.15) is 0 Å². The number of hydrogen-bond donors (Lipinski definition) is 5. The molecule has 0 unspecified atom stereocenters. The van der Waals surface area contributed by atoms with E-state index in [1.807, 2.05) is 36.1 Å². The molecule has 20 heteroatoms. The standard InChI is InChI=1S/C32H32F12N6S2/c1-19-2-4-20(5-3-19)18-45-6-9-50(10-7-46-27(51)48-25-14-21(29(33,34)35)12-22(15-25)30(36,37)38)11-8-47-28(52)49-26-16-23(31(39,40)41)13-24(17-26)32(42,43)44/h2-5,12-17,45H,6-11,18H2,1H3,(H2,46,48,51)(H2,47,49,52). The third-order valence-corrected chi connectivity index (χ3v) is 7.67. The summed E-state index contributed by atoms with van der Waals surface area (Å²) in [7, 11) is 0. The van der Waals surface area contributed by atoms with Gasteiger partial charge in [-0.1, -0.05) is 29.8 Å². The van der Waals surface area contributed by atoms with Gasteiger partial charge in [-0.3, -0.25) is 4.90 Å². The first-order chi connectivity index (χ1) is 24.0. The van der Waals surface area contributed by atoms with Crippen LogP contribution < -0.4 is 26.6 Å². The quantitative estimate of drug-likeness (QED) is 0.0673. The number of nitrogens with one attached hydrogen (secondary N) is 5. The largest absolute Gasteiger partial charge is 0.416 e. The van der Waals surface area contributed by atoms with E-state index < -0.39 is 58.3 Å². The summed E-state index contributed by atoms with van der Waals surface area (Å²) in [6.07, 6.45) is -20.2. The molecule has 6 nitrogen and oxygen atoms in total. The van der Waals surface area contributed by atoms with Crippen LogP contribution in [0.2, 0.25) is 0 Å². The van der Waals surface area contributed by atoms with Crippen molar-refractivity contribution in [1.29, 1.82) is 0 Å². The molecule has 0 atom stereocenters. The molecule has 0 saturated heterocycles. The Kier molecular flexibility index (Phi) is 14.5. The Hall–Kier alpha value is -3.88. The van der Waals surface area contributed by atoms with Crippen molar-refractivity contribution in [3.63, 3.8) is 0 Å². The molecule has 0 fully saturated rings. The van der Waals surface area contributed by atoms with Crippen molar-refractivity contribution in [1.82, 2.24) is 20.9 Å². The molecule has 3 aromatic carbocycles. The average Bonchev–Trinajstić information content (AvgIpc) is 3.01. The highest BCUT2D eigenvalue weighted by Gasteiger charge is 2.38. The average molecular weight is 793 g/mol. The predicted octanol–water partition coefficient (Wildman–Crippen LogP) is 8.44. The van der Waals surface area contributed by atoms with E-state index in [4.69, 9.17) is 24.4 Å². The second-order valence-corrected chi connectivity index (χ2v) is 12.2. The number of rotatable bonds is 13. The zero-order valence-electron chi connectivity index (χ0n) is 27.0. The first-order valence-corrected chi connectivity index (χ1v) is 16.0. The van der Waals surface area contributed by atoms with Gasteiger partial charge in [-0.2, -0.15) is 52.7 Å². The smallest absolute Gasteiger partial charge is 0.361 e. The molecule has 52 heavy (non-hydrogen) atoms. The fraction of sp³-hybridized carbons (Fsp3) is 0.375. The third kappa shape index (κ3) is 14.3. The lowest BCUT2D eigenvalue weighted by atomic mass is 10.1. The van der Waals surface area contributed by atoms with Crippen molar-refractivity contribution in [2.45, 2.75) is 38.2 Å². The lowest BCUT2D eigenvalue weighted by Gasteiger charge is -2.24. The molecule has 0 radical (unpaired) electrons. The van der Waals surface area contributed by atoms with Gasteiger partial charge in [0.05, 0.1) is 22.3 Å². The Labute approximate surface area is 301 Å². The Bertz CT molecular complexity index is 1500. The van der Waals surface area contributed by atoms with Crippen LogP contribution in [0.4, 0.5) is 64.1 Å². The molecule has 0 spiro atoms. The fourth-order valence-corrected chi connectivity index (χ4v) is 5.01. The third-order valence-electron chi connectivity index (χ3n) is 7.17. The lowest BCUT2D eigenvalue weighted by molar-refractivity contribution is -0.144. The van der Waals surface area contributed by atoms with E-state index in [2.05, 4.69) is 26.6 Å². The molecule has 0 aliphatic carbocycles. The van der Waals surface area contributed by atoms with Crippen molar-refractivity contribution in [2.24, 2.45) is 0 Å². The number of anilines is 2. The number of benzene rings is 3. The molecule has 5 N–H and O–H groups in total. The maximum absolute atomic E-state index is 13.2. The zero-order valence-corrected chi connectivity index (χ0v) is 28.7. The minimum atomic E-state index is -5.05. The number of aryl methyl sites for hydroxylation is 1. The van der Waals surface area contributed by atoms with Gasteiger partial charge >= 0.3 is 24.7 Å². The topological polar surface area (TPSA) is 63.4 Å². The molecular weight excluding hydrogens is 761 g/mol. The Balaban J connectivity index is 1.61. The van der Waals surface area contributed by atoms with Crippen molar-refractivity contribution in [2.75, 3.05) is 49.9 Å². The van der Waals surface area contributed by atoms with Crippen LogP contribution >= 0.6 is 24.4 Å². The van der Waals surface area contributed by atoms with Crippen LogP contribution in [-0.4, -0.2) is 54.4 Å². The molecule has 0 amide bonds. The highest BCUT2D eigenvalue weighted by molar-refractivity contribution is 7.80. The molecule has 0 aliphatic heterocycles. The second-order valence-electron chi connectivity index (χ2n) is 11.4. The molecule has 286 valence electrons. The van der Waals surface area contributed by atoms with Gasteiger partial charge in [0.15, 0.2) is 10.2 Å². The maximum Gasteiger partial charge on any atom is 0.416 e. The second kappa shape index (κ2) is 17.8. The van der Waals surface area contributed by atoms with Gasteiger partial charge < -0.3 is 26.6 Å². The van der Waals surface area contributed by atoms with Crippen LogP contribution in [0.25, 0.3) is 0 Å². The van der Waals surface area contributed by atoms with E-state index in [0.29, 0.717) is 43.9 Å². The van der Waals surface area contributed by atoms with Gasteiger partial charge in [0.2, 0.25) is 0 Å². The first kappa shape index (κ1) is 42.5. The van der Waals surface area contributed by atoms with Crippen molar-refractivity contribution < 1.29 is 52.7 Å². The highest BCUT2D eigenvalue weighted by Crippen LogP contribution is 2.39. The molecule has 3 rings (SSSR count). The fourth-order valence-electron chi connectivity index (χ4n) is 4.57. The van der Waals surface area contributed by atoms with E-state index in [-0.39, 0.29) is 48.5 Å². The lowest BCUT2D eigenvalue weighted by Crippen LogP contribution is -2.43. The van der Waals surface area contributed by atoms with Crippen LogP contribution in [-0.2, 0) is 31.2 Å². The molecule has 0 saturated carbocycles. The van der Waals surface area contributed by atoms with Gasteiger partial charge in [-0.15, -0.1) is 0 Å². The number of hydrogen-bond acceptors (Lipinski definition) is 4. The monoisotopic (exact) mass is 792 g/mol. The summed E-state index contributed by atoms with van der Waals surface area (Å²) in [4.78, 5) is 1.85. The summed E-state index contributed by atoms with van der Waals surface area (Å²) in [5, 5.41) is 12.9. The number of halogens is 12. The minimum Gasteiger partial charge on any atom is -0.361 e. The van der Waals surface area contributed by atoms with Gasteiger partial charge in [-0.05, 0) is 73.3 Å². The van der Waals surface area contributed by atoms with E-state index in [9.17, 15) is 52.7 Å². The number of thiocarbonyl (C=S) groups is 2. The minimum absolute atomic E-state index is 0.0129. The summed E-state index contributed by atoms with van der Waals surface area (Å²) in [6, 6.07) is 9.70. The molecule has 3 aromatic rings. The molecular formula is C32H32F12N6S2. The molecule has 0 heterocycles. The summed E-state index contributed by atoms with van der Waals surface area (Å²) in [6.45, 7) is 3.93. The Morgan fingerprint density at radius 2 is 0.885 bits per heavy atom. The van der Waals surface area contributed by atoms with E-state index >= 15 is 0 Å². The predicted molar refractivity (Wildman–Crippen MR) is 181 cm³/mol. The number of alkyl halides is 12. The van der Waals surface area contributed by atoms with Crippen LogP contribution in [0, 0.1) is 6.92 Å². The van der Waals surface area contributed by atoms with Gasteiger partial charge in [0, 0.05) is 57.2 Å². The van der Waals surface area contributed by atoms with E-state index in [1.54, 1.807) is 0 Å². The van der Waals surface area contributed by atoms with Crippen LogP contribution in [0.1, 0.15) is 33.4 Å². The van der Waals surface area contributed by atoms with Gasteiger partial charge in [-0.25, -0.2) is 0 Å². The number of nitrogens with zero attached hydrogens (tertiary/aromatic N) is 1. The van der Waals surface area contributed by atoms with Crippen LogP contribution in [0.5, 0.6) is 0 Å². The summed E-state index contributed by atoms with van der Waals surface area (Å²) < 4.78 is 159. The summed E-state index contributed by atoms with van der Waals surface area (Å²) in [5.41, 5.74) is -5.07. The maximum atomic E-state index is 13.2. The van der Waals surface area contributed by atoms with Crippen molar-refractivity contribution in [3.8, 4) is 0 Å². The zero-order chi connectivity index (χ0) is 38.9. The van der Waals surface area contributed by atoms with Crippen molar-refractivity contribution in [3.05, 3.63) is 94.0 Å². The first-order valence-electron chi connectivity index (χ1n) is 15.2. The van der Waals surface area contributed by atoms with Gasteiger partial charge in [0.25, 0.3) is 0 Å². The van der Waals surface area contributed by atoms with E-state index in [1.165, 1.54) is 0 Å². The SMILES string of the molecule is Cc1ccc(CNCCN(CCNC(=S)Nc2cc(C(F)(F)F)cc(C(F)(F)F)c2)CCNC(=S)Nc2cc(C(F)(F)F)cc(C(F)(F)F)c2)cc1. The van der Waals surface area contributed by atoms with E-state index in [0.717, 1.165) is 11.1 Å². The summed E-state index contributed by atoms with van der Waals surface area (Å²) >= 11 is 10.2. The Morgan fingerprint density at radius 3 is 1.23 bits per heavy atom.